The van der Waals surface area contributed by atoms with Gasteiger partial charge >= 0.3 is 0 Å². The Morgan fingerprint density at radius 3 is 2.55 bits per heavy atom. The first kappa shape index (κ1) is 14.6. The average Bonchev–Trinajstić information content (AvgIpc) is 2.42. The lowest BCUT2D eigenvalue weighted by atomic mass is 10.1. The summed E-state index contributed by atoms with van der Waals surface area (Å²) in [7, 11) is 0. The Bertz CT molecular complexity index is 564. The Morgan fingerprint density at radius 1 is 1.20 bits per heavy atom. The molecule has 0 aliphatic rings. The summed E-state index contributed by atoms with van der Waals surface area (Å²) in [6.45, 7) is 4.56. The monoisotopic (exact) mass is 276 g/mol. The van der Waals surface area contributed by atoms with Gasteiger partial charge in [0.2, 0.25) is 0 Å². The predicted octanol–water partition coefficient (Wildman–Crippen LogP) is 3.39. The molecule has 4 heteroatoms. The first-order valence-corrected chi connectivity index (χ1v) is 6.63. The zero-order valence-corrected chi connectivity index (χ0v) is 11.7. The van der Waals surface area contributed by atoms with Gasteiger partial charge in [-0.2, -0.15) is 0 Å². The van der Waals surface area contributed by atoms with Crippen LogP contribution in [-0.2, 0) is 13.0 Å². The molecule has 20 heavy (non-hydrogen) atoms. The number of nitrogens with zero attached hydrogens (tertiary/aromatic N) is 1. The highest BCUT2D eigenvalue weighted by Gasteiger charge is 2.12. The third kappa shape index (κ3) is 3.61. The minimum atomic E-state index is -0.490. The minimum Gasteiger partial charge on any atom is -0.310 e. The van der Waals surface area contributed by atoms with Crippen LogP contribution in [0.5, 0.6) is 0 Å². The lowest BCUT2D eigenvalue weighted by Gasteiger charge is -2.15. The van der Waals surface area contributed by atoms with Crippen LogP contribution < -0.4 is 5.32 Å². The van der Waals surface area contributed by atoms with E-state index in [4.69, 9.17) is 0 Å². The number of pyridine rings is 1. The highest BCUT2D eigenvalue weighted by Crippen LogP contribution is 2.14. The zero-order valence-electron chi connectivity index (χ0n) is 11.7. The standard InChI is InChI=1S/C16H18F2N2/c1-11-6-7-19-9-13(11)10-20-12(2)8-14-15(17)4-3-5-16(14)18/h3-7,9,12,20H,8,10H2,1-2H3. The first-order chi connectivity index (χ1) is 9.58. The topological polar surface area (TPSA) is 24.9 Å². The van der Waals surface area contributed by atoms with Gasteiger partial charge in [0.15, 0.2) is 0 Å². The quantitative estimate of drug-likeness (QED) is 0.905. The molecule has 1 N–H and O–H groups in total. The van der Waals surface area contributed by atoms with Crippen LogP contribution in [0.4, 0.5) is 8.78 Å². The Balaban J connectivity index is 1.96. The first-order valence-electron chi connectivity index (χ1n) is 6.63. The van der Waals surface area contributed by atoms with Crippen molar-refractivity contribution in [2.75, 3.05) is 0 Å². The maximum Gasteiger partial charge on any atom is 0.129 e. The second-order valence-electron chi connectivity index (χ2n) is 4.99. The van der Waals surface area contributed by atoms with Crippen LogP contribution in [0.25, 0.3) is 0 Å². The van der Waals surface area contributed by atoms with Gasteiger partial charge in [0.05, 0.1) is 0 Å². The highest BCUT2D eigenvalue weighted by molar-refractivity contribution is 5.22. The van der Waals surface area contributed by atoms with Gasteiger partial charge in [0, 0.05) is 30.5 Å². The third-order valence-corrected chi connectivity index (χ3v) is 3.36. The molecular formula is C16H18F2N2. The zero-order chi connectivity index (χ0) is 14.5. The Kier molecular flexibility index (Phi) is 4.79. The SMILES string of the molecule is Cc1ccncc1CNC(C)Cc1c(F)cccc1F. The van der Waals surface area contributed by atoms with Crippen molar-refractivity contribution in [1.29, 1.82) is 0 Å². The molecule has 106 valence electrons. The van der Waals surface area contributed by atoms with E-state index < -0.39 is 11.6 Å². The Morgan fingerprint density at radius 2 is 1.90 bits per heavy atom. The van der Waals surface area contributed by atoms with Gasteiger partial charge in [-0.05, 0) is 49.6 Å². The van der Waals surface area contributed by atoms with Gasteiger partial charge in [-0.1, -0.05) is 6.07 Å². The maximum atomic E-state index is 13.6. The van der Waals surface area contributed by atoms with Crippen molar-refractivity contribution in [1.82, 2.24) is 10.3 Å². The van der Waals surface area contributed by atoms with Crippen molar-refractivity contribution >= 4 is 0 Å². The molecule has 2 nitrogen and oxygen atoms in total. The van der Waals surface area contributed by atoms with Gasteiger partial charge in [-0.3, -0.25) is 4.98 Å². The number of benzene rings is 1. The summed E-state index contributed by atoms with van der Waals surface area (Å²) in [6, 6.07) is 5.87. The van der Waals surface area contributed by atoms with Crippen LogP contribution in [0.15, 0.2) is 36.7 Å². The van der Waals surface area contributed by atoms with Crippen LogP contribution >= 0.6 is 0 Å². The summed E-state index contributed by atoms with van der Waals surface area (Å²) in [5, 5.41) is 3.27. The van der Waals surface area contributed by atoms with Crippen molar-refractivity contribution in [2.24, 2.45) is 0 Å². The van der Waals surface area contributed by atoms with E-state index in [0.29, 0.717) is 13.0 Å². The van der Waals surface area contributed by atoms with Crippen molar-refractivity contribution < 1.29 is 8.78 Å². The fourth-order valence-corrected chi connectivity index (χ4v) is 2.07. The fourth-order valence-electron chi connectivity index (χ4n) is 2.07. The van der Waals surface area contributed by atoms with Crippen LogP contribution in [0.3, 0.4) is 0 Å². The van der Waals surface area contributed by atoms with Gasteiger partial charge in [0.1, 0.15) is 11.6 Å². The van der Waals surface area contributed by atoms with E-state index in [2.05, 4.69) is 10.3 Å². The molecule has 0 bridgehead atoms. The number of rotatable bonds is 5. The third-order valence-electron chi connectivity index (χ3n) is 3.36. The molecule has 1 heterocycles. The molecule has 0 aliphatic heterocycles. The second-order valence-corrected chi connectivity index (χ2v) is 4.99. The molecule has 0 aliphatic carbocycles. The molecule has 1 aromatic carbocycles. The number of halogens is 2. The molecule has 0 radical (unpaired) electrons. The van der Waals surface area contributed by atoms with Crippen LogP contribution in [0, 0.1) is 18.6 Å². The number of aryl methyl sites for hydroxylation is 1. The van der Waals surface area contributed by atoms with Crippen molar-refractivity contribution in [3.8, 4) is 0 Å². The molecule has 0 amide bonds. The Labute approximate surface area is 117 Å². The smallest absolute Gasteiger partial charge is 0.129 e. The van der Waals surface area contributed by atoms with Crippen molar-refractivity contribution in [3.63, 3.8) is 0 Å². The number of aromatic nitrogens is 1. The van der Waals surface area contributed by atoms with E-state index in [-0.39, 0.29) is 11.6 Å². The van der Waals surface area contributed by atoms with E-state index in [9.17, 15) is 8.78 Å². The molecule has 0 saturated heterocycles. The van der Waals surface area contributed by atoms with Gasteiger partial charge in [-0.25, -0.2) is 8.78 Å². The number of nitrogens with one attached hydrogen (secondary N) is 1. The second kappa shape index (κ2) is 6.57. The Hall–Kier alpha value is -1.81. The van der Waals surface area contributed by atoms with E-state index >= 15 is 0 Å². The highest BCUT2D eigenvalue weighted by atomic mass is 19.1. The van der Waals surface area contributed by atoms with Crippen LogP contribution in [-0.4, -0.2) is 11.0 Å². The van der Waals surface area contributed by atoms with Gasteiger partial charge < -0.3 is 5.32 Å². The van der Waals surface area contributed by atoms with Crippen molar-refractivity contribution in [3.05, 3.63) is 65.0 Å². The molecule has 1 unspecified atom stereocenters. The van der Waals surface area contributed by atoms with Crippen molar-refractivity contribution in [2.45, 2.75) is 32.9 Å². The number of hydrogen-bond acceptors (Lipinski definition) is 2. The van der Waals surface area contributed by atoms with E-state index in [1.807, 2.05) is 19.9 Å². The largest absolute Gasteiger partial charge is 0.310 e. The number of hydrogen-bond donors (Lipinski definition) is 1. The summed E-state index contributed by atoms with van der Waals surface area (Å²) >= 11 is 0. The van der Waals surface area contributed by atoms with Crippen LogP contribution in [0.1, 0.15) is 23.6 Å². The maximum absolute atomic E-state index is 13.6. The molecule has 0 saturated carbocycles. The lowest BCUT2D eigenvalue weighted by molar-refractivity contribution is 0.498. The predicted molar refractivity (Wildman–Crippen MR) is 75.3 cm³/mol. The summed E-state index contributed by atoms with van der Waals surface area (Å²) in [6.07, 6.45) is 3.87. The summed E-state index contributed by atoms with van der Waals surface area (Å²) < 4.78 is 27.1. The normalized spacial score (nSPS) is 12.4. The lowest BCUT2D eigenvalue weighted by Crippen LogP contribution is -2.28. The average molecular weight is 276 g/mol. The minimum absolute atomic E-state index is 0.0268. The van der Waals surface area contributed by atoms with Crippen LogP contribution in [0.2, 0.25) is 0 Å². The van der Waals surface area contributed by atoms with Gasteiger partial charge in [0.25, 0.3) is 0 Å². The summed E-state index contributed by atoms with van der Waals surface area (Å²) in [5.74, 6) is -0.979. The van der Waals surface area contributed by atoms with E-state index in [1.54, 1.807) is 12.4 Å². The van der Waals surface area contributed by atoms with Gasteiger partial charge in [-0.15, -0.1) is 0 Å². The van der Waals surface area contributed by atoms with E-state index in [1.165, 1.54) is 18.2 Å². The molecule has 0 fully saturated rings. The van der Waals surface area contributed by atoms with E-state index in [0.717, 1.165) is 11.1 Å². The fraction of sp³-hybridized carbons (Fsp3) is 0.312. The molecular weight excluding hydrogens is 258 g/mol. The molecule has 1 aromatic heterocycles. The molecule has 2 aromatic rings. The summed E-state index contributed by atoms with van der Waals surface area (Å²) in [4.78, 5) is 4.08. The molecule has 2 rings (SSSR count). The molecule has 0 spiro atoms. The summed E-state index contributed by atoms with van der Waals surface area (Å²) in [5.41, 5.74) is 2.38. The molecule has 1 atom stereocenters.